The fourth-order valence-corrected chi connectivity index (χ4v) is 1.64. The fraction of sp³-hybridized carbons (Fsp3) is 0.125. The van der Waals surface area contributed by atoms with Crippen LogP contribution in [0.3, 0.4) is 0 Å². The number of aromatic hydroxyl groups is 1. The molecular weight excluding hydrogens is 334 g/mol. The van der Waals surface area contributed by atoms with Gasteiger partial charge in [-0.15, -0.1) is 0 Å². The van der Waals surface area contributed by atoms with Crippen LogP contribution in [0.25, 0.3) is 0 Å². The van der Waals surface area contributed by atoms with E-state index in [4.69, 9.17) is 5.73 Å². The third-order valence-electron chi connectivity index (χ3n) is 2.89. The second-order valence-electron chi connectivity index (χ2n) is 4.89. The van der Waals surface area contributed by atoms with Crippen LogP contribution >= 0.6 is 0 Å². The molecule has 0 aromatic heterocycles. The van der Waals surface area contributed by atoms with Gasteiger partial charge >= 0.3 is 0 Å². The molecule has 1 rings (SSSR count). The average molecular weight is 349 g/mol. The number of hydrogen-bond donors (Lipinski definition) is 3. The highest BCUT2D eigenvalue weighted by atomic mass is 16.3. The molecule has 4 N–H and O–H groups in total. The molecule has 1 aromatic carbocycles. The number of aliphatic hydroxyl groups excluding tert-OH is 1. The van der Waals surface area contributed by atoms with E-state index in [9.17, 15) is 10.2 Å². The van der Waals surface area contributed by atoms with Crippen molar-refractivity contribution in [2.45, 2.75) is 18.6 Å². The molecular formula is C24H15NO2. The second-order valence-corrected chi connectivity index (χ2v) is 4.89. The van der Waals surface area contributed by atoms with E-state index in [1.165, 1.54) is 6.08 Å². The maximum Gasteiger partial charge on any atom is 0.115 e. The lowest BCUT2D eigenvalue weighted by Crippen LogP contribution is -2.35. The van der Waals surface area contributed by atoms with Crippen LogP contribution in [0, 0.1) is 0 Å². The molecule has 3 nitrogen and oxygen atoms in total. The zero-order chi connectivity index (χ0) is 19.7. The Kier molecular flexibility index (Phi) is 10.2. The van der Waals surface area contributed by atoms with Crippen LogP contribution in [0.2, 0.25) is 0 Å². The average Bonchev–Trinajstić information content (AvgIpc) is 2.67. The fourth-order valence-electron chi connectivity index (χ4n) is 1.64. The van der Waals surface area contributed by atoms with Crippen molar-refractivity contribution in [2.24, 2.45) is 5.73 Å². The van der Waals surface area contributed by atoms with Crippen LogP contribution in [-0.4, -0.2) is 22.4 Å². The van der Waals surface area contributed by atoms with Gasteiger partial charge in [-0.3, -0.25) is 0 Å². The molecule has 0 saturated carbocycles. The van der Waals surface area contributed by atoms with Crippen LogP contribution < -0.4 is 5.73 Å². The topological polar surface area (TPSA) is 66.5 Å². The van der Waals surface area contributed by atoms with Gasteiger partial charge in [-0.1, -0.05) is 23.6 Å². The Balaban J connectivity index is 2.86. The Bertz CT molecular complexity index is 1150. The first-order valence-electron chi connectivity index (χ1n) is 7.71. The predicted octanol–water partition coefficient (Wildman–Crippen LogP) is 2.83. The molecule has 0 heterocycles. The van der Waals surface area contributed by atoms with Crippen LogP contribution in [-0.2, 0) is 6.42 Å². The molecule has 0 amide bonds. The van der Waals surface area contributed by atoms with Crippen molar-refractivity contribution in [1.82, 2.24) is 0 Å². The van der Waals surface area contributed by atoms with Gasteiger partial charge in [-0.2, -0.15) is 0 Å². The summed E-state index contributed by atoms with van der Waals surface area (Å²) < 4.78 is 0. The molecule has 0 spiro atoms. The Hall–Kier alpha value is -4.18. The summed E-state index contributed by atoms with van der Waals surface area (Å²) in [5.74, 6) is 0.183. The molecule has 0 bridgehead atoms. The summed E-state index contributed by atoms with van der Waals surface area (Å²) in [6.07, 6.45) is 0.936. The summed E-state index contributed by atoms with van der Waals surface area (Å²) in [4.78, 5) is 0. The second kappa shape index (κ2) is 13.1. The quantitative estimate of drug-likeness (QED) is 0.733. The van der Waals surface area contributed by atoms with Crippen molar-refractivity contribution in [3.05, 3.63) is 117 Å². The number of phenolic OH excluding ortho intramolecular Hbond substituents is 1. The maximum absolute atomic E-state index is 9.95. The number of phenols is 1. The predicted molar refractivity (Wildman–Crippen MR) is 102 cm³/mol. The summed E-state index contributed by atoms with van der Waals surface area (Å²) in [6.45, 7) is 3.31. The molecule has 0 aliphatic rings. The molecule has 0 fully saturated rings. The zero-order valence-corrected chi connectivity index (χ0v) is 14.4. The molecule has 0 saturated heterocycles. The SMILES string of the molecule is C=C=C=C=C=C=C=C=C=C=C=C=C=C=C[C@H](O)[C@@H](N)Cc1ccc(O)cc1. The third-order valence-corrected chi connectivity index (χ3v) is 2.89. The Labute approximate surface area is 157 Å². The van der Waals surface area contributed by atoms with Gasteiger partial charge in [0.15, 0.2) is 0 Å². The van der Waals surface area contributed by atoms with Crippen molar-refractivity contribution in [2.75, 3.05) is 0 Å². The van der Waals surface area contributed by atoms with E-state index in [1.807, 2.05) is 0 Å². The first-order valence-corrected chi connectivity index (χ1v) is 7.71. The normalized spacial score (nSPS) is 9.56. The van der Waals surface area contributed by atoms with Crippen LogP contribution in [0.1, 0.15) is 5.56 Å². The molecule has 0 unspecified atom stereocenters. The van der Waals surface area contributed by atoms with Crippen molar-refractivity contribution in [3.63, 3.8) is 0 Å². The molecule has 0 radical (unpaired) electrons. The monoisotopic (exact) mass is 349 g/mol. The third kappa shape index (κ3) is 10.3. The van der Waals surface area contributed by atoms with Crippen molar-refractivity contribution in [1.29, 1.82) is 0 Å². The molecule has 128 valence electrons. The number of aliphatic hydroxyl groups is 1. The van der Waals surface area contributed by atoms with Crippen LogP contribution in [0.4, 0.5) is 0 Å². The highest BCUT2D eigenvalue weighted by Crippen LogP contribution is 2.11. The first kappa shape index (κ1) is 20.9. The minimum Gasteiger partial charge on any atom is -0.508 e. The highest BCUT2D eigenvalue weighted by Gasteiger charge is 2.12. The van der Waals surface area contributed by atoms with E-state index in [1.54, 1.807) is 24.3 Å². The minimum atomic E-state index is -0.898. The highest BCUT2D eigenvalue weighted by molar-refractivity contribution is 5.26. The van der Waals surface area contributed by atoms with Gasteiger partial charge in [0, 0.05) is 6.04 Å². The summed E-state index contributed by atoms with van der Waals surface area (Å²) in [5, 5.41) is 19.2. The molecule has 2 atom stereocenters. The summed E-state index contributed by atoms with van der Waals surface area (Å²) in [5.41, 5.74) is 39.3. The molecule has 1 aromatic rings. The summed E-state index contributed by atoms with van der Waals surface area (Å²) in [6, 6.07) is 6.13. The van der Waals surface area contributed by atoms with Crippen molar-refractivity contribution >= 4 is 0 Å². The lowest BCUT2D eigenvalue weighted by Gasteiger charge is -2.14. The van der Waals surface area contributed by atoms with Gasteiger partial charge in [-0.25, -0.2) is 0 Å². The van der Waals surface area contributed by atoms with Crippen molar-refractivity contribution < 1.29 is 10.2 Å². The molecule has 3 heteroatoms. The maximum atomic E-state index is 9.95. The van der Waals surface area contributed by atoms with Gasteiger partial charge < -0.3 is 15.9 Å². The van der Waals surface area contributed by atoms with Gasteiger partial charge in [0.2, 0.25) is 0 Å². The lowest BCUT2D eigenvalue weighted by atomic mass is 10.0. The lowest BCUT2D eigenvalue weighted by molar-refractivity contribution is 0.191. The van der Waals surface area contributed by atoms with E-state index in [0.29, 0.717) is 6.42 Å². The van der Waals surface area contributed by atoms with Gasteiger partial charge in [0.25, 0.3) is 0 Å². The van der Waals surface area contributed by atoms with Crippen molar-refractivity contribution in [3.8, 4) is 5.75 Å². The standard InChI is InChI=1S/C24H15NO2/c1-2-3-4-5-6-7-8-9-10-11-12-13-14-15-24(27)23(25)20-21-16-18-22(26)19-17-21/h15-19,23-24,26-27H,1,20,25H2/t23-,24-/m0/s1. The van der Waals surface area contributed by atoms with Crippen LogP contribution in [0.15, 0.2) is 111 Å². The molecule has 27 heavy (non-hydrogen) atoms. The van der Waals surface area contributed by atoms with Gasteiger partial charge in [0.1, 0.15) is 5.75 Å². The smallest absolute Gasteiger partial charge is 0.115 e. The van der Waals surface area contributed by atoms with E-state index in [2.05, 4.69) is 81.1 Å². The number of hydrogen-bond acceptors (Lipinski definition) is 3. The number of rotatable bonds is 4. The van der Waals surface area contributed by atoms with E-state index in [0.717, 1.165) is 5.56 Å². The number of nitrogens with two attached hydrogens (primary N) is 1. The van der Waals surface area contributed by atoms with E-state index < -0.39 is 12.1 Å². The Morgan fingerprint density at radius 2 is 1.33 bits per heavy atom. The van der Waals surface area contributed by atoms with Gasteiger partial charge in [-0.05, 0) is 99.8 Å². The molecule has 0 aliphatic carbocycles. The summed E-state index contributed by atoms with van der Waals surface area (Å²) in [7, 11) is 0. The molecule has 0 aliphatic heterocycles. The number of benzene rings is 1. The van der Waals surface area contributed by atoms with Crippen LogP contribution in [0.5, 0.6) is 5.75 Å². The Morgan fingerprint density at radius 3 is 1.85 bits per heavy atom. The zero-order valence-electron chi connectivity index (χ0n) is 14.4. The summed E-state index contributed by atoms with van der Waals surface area (Å²) >= 11 is 0. The largest absolute Gasteiger partial charge is 0.508 e. The van der Waals surface area contributed by atoms with E-state index in [-0.39, 0.29) is 5.75 Å². The minimum absolute atomic E-state index is 0.183. The Morgan fingerprint density at radius 1 is 0.852 bits per heavy atom. The van der Waals surface area contributed by atoms with Gasteiger partial charge in [0.05, 0.1) is 6.10 Å². The first-order chi connectivity index (χ1) is 13.1. The van der Waals surface area contributed by atoms with E-state index >= 15 is 0 Å².